The molecule has 0 radical (unpaired) electrons. The fraction of sp³-hybridized carbons (Fsp3) is 0.0909. The molecule has 0 aliphatic heterocycles. The lowest BCUT2D eigenvalue weighted by atomic mass is 10.2. The Morgan fingerprint density at radius 3 is 2.39 bits per heavy atom. The highest BCUT2D eigenvalue weighted by Crippen LogP contribution is 2.25. The van der Waals surface area contributed by atoms with E-state index in [1.807, 2.05) is 91.5 Å². The molecule has 28 heavy (non-hydrogen) atoms. The van der Waals surface area contributed by atoms with Crippen LogP contribution in [0.2, 0.25) is 0 Å². The second kappa shape index (κ2) is 7.48. The van der Waals surface area contributed by atoms with Crippen LogP contribution < -0.4 is 5.32 Å². The van der Waals surface area contributed by atoms with Gasteiger partial charge < -0.3 is 9.88 Å². The Hall–Kier alpha value is -3.12. The molecule has 0 unspecified atom stereocenters. The van der Waals surface area contributed by atoms with E-state index >= 15 is 0 Å². The van der Waals surface area contributed by atoms with E-state index in [4.69, 9.17) is 0 Å². The first-order chi connectivity index (χ1) is 13.5. The van der Waals surface area contributed by atoms with Crippen LogP contribution in [0.15, 0.2) is 77.5 Å². The maximum Gasteiger partial charge on any atom is 0.261 e. The topological polar surface area (TPSA) is 51.9 Å². The normalized spacial score (nSPS) is 10.8. The van der Waals surface area contributed by atoms with E-state index in [9.17, 15) is 4.79 Å². The molecule has 6 heteroatoms. The summed E-state index contributed by atoms with van der Waals surface area (Å²) in [6.45, 7) is 3.85. The predicted octanol–water partition coefficient (Wildman–Crippen LogP) is 5.29. The van der Waals surface area contributed by atoms with Crippen molar-refractivity contribution in [3.63, 3.8) is 0 Å². The van der Waals surface area contributed by atoms with Crippen molar-refractivity contribution in [2.24, 2.45) is 0 Å². The molecule has 0 saturated carbocycles. The lowest BCUT2D eigenvalue weighted by molar-refractivity contribution is 0.102. The molecule has 0 atom stereocenters. The summed E-state index contributed by atoms with van der Waals surface area (Å²) in [5.74, 6) is 0.519. The maximum absolute atomic E-state index is 13.2. The molecular formula is C22H19BrN4O. The lowest BCUT2D eigenvalue weighted by Crippen LogP contribution is -2.16. The molecule has 140 valence electrons. The van der Waals surface area contributed by atoms with Crippen molar-refractivity contribution >= 4 is 27.5 Å². The van der Waals surface area contributed by atoms with Crippen LogP contribution in [0, 0.1) is 13.8 Å². The van der Waals surface area contributed by atoms with Crippen molar-refractivity contribution in [2.75, 3.05) is 5.32 Å². The van der Waals surface area contributed by atoms with E-state index in [0.717, 1.165) is 21.4 Å². The average molecular weight is 435 g/mol. The molecule has 0 bridgehead atoms. The van der Waals surface area contributed by atoms with Gasteiger partial charge in [0.25, 0.3) is 5.91 Å². The van der Waals surface area contributed by atoms with Gasteiger partial charge in [0.2, 0.25) is 0 Å². The van der Waals surface area contributed by atoms with Gasteiger partial charge in [-0.2, -0.15) is 5.10 Å². The molecule has 4 aromatic rings. The fourth-order valence-electron chi connectivity index (χ4n) is 3.16. The highest BCUT2D eigenvalue weighted by molar-refractivity contribution is 9.10. The van der Waals surface area contributed by atoms with E-state index in [-0.39, 0.29) is 5.91 Å². The molecule has 2 heterocycles. The van der Waals surface area contributed by atoms with Crippen molar-refractivity contribution in [2.45, 2.75) is 13.8 Å². The number of rotatable bonds is 4. The van der Waals surface area contributed by atoms with Crippen LogP contribution in [0.1, 0.15) is 21.6 Å². The third kappa shape index (κ3) is 3.39. The van der Waals surface area contributed by atoms with Gasteiger partial charge in [-0.25, -0.2) is 4.68 Å². The molecule has 4 rings (SSSR count). The molecule has 2 aromatic heterocycles. The summed E-state index contributed by atoms with van der Waals surface area (Å²) in [5, 5.41) is 7.67. The largest absolute Gasteiger partial charge is 0.322 e. The van der Waals surface area contributed by atoms with Crippen LogP contribution in [-0.2, 0) is 0 Å². The third-order valence-electron chi connectivity index (χ3n) is 4.53. The van der Waals surface area contributed by atoms with Gasteiger partial charge in [-0.15, -0.1) is 0 Å². The van der Waals surface area contributed by atoms with Gasteiger partial charge in [-0.1, -0.05) is 34.1 Å². The fourth-order valence-corrected chi connectivity index (χ4v) is 3.41. The van der Waals surface area contributed by atoms with Crippen LogP contribution in [0.3, 0.4) is 0 Å². The van der Waals surface area contributed by atoms with Gasteiger partial charge in [0, 0.05) is 22.6 Å². The maximum atomic E-state index is 13.2. The zero-order chi connectivity index (χ0) is 19.7. The highest BCUT2D eigenvalue weighted by Gasteiger charge is 2.23. The first kappa shape index (κ1) is 18.3. The second-order valence-electron chi connectivity index (χ2n) is 6.54. The first-order valence-corrected chi connectivity index (χ1v) is 9.70. The number of aromatic nitrogens is 3. The predicted molar refractivity (Wildman–Crippen MR) is 114 cm³/mol. The van der Waals surface area contributed by atoms with Gasteiger partial charge in [-0.05, 0) is 61.9 Å². The van der Waals surface area contributed by atoms with Gasteiger partial charge >= 0.3 is 0 Å². The molecular weight excluding hydrogens is 416 g/mol. The van der Waals surface area contributed by atoms with Crippen LogP contribution in [0.5, 0.6) is 0 Å². The van der Waals surface area contributed by atoms with E-state index in [0.29, 0.717) is 17.1 Å². The number of hydrogen-bond donors (Lipinski definition) is 1. The molecule has 5 nitrogen and oxygen atoms in total. The van der Waals surface area contributed by atoms with Gasteiger partial charge in [0.05, 0.1) is 11.4 Å². The number of nitrogens with zero attached hydrogens (tertiary/aromatic N) is 3. The standard InChI is InChI=1S/C22H19BrN4O/c1-15-14-17(10-11-19(15)23)24-21(28)20-16(2)25-27(18-8-4-3-5-9-18)22(20)26-12-6-7-13-26/h3-14H,1-2H3,(H,24,28). The number of amides is 1. The lowest BCUT2D eigenvalue weighted by Gasteiger charge is -2.12. The Labute approximate surface area is 171 Å². The minimum Gasteiger partial charge on any atom is -0.322 e. The summed E-state index contributed by atoms with van der Waals surface area (Å²) in [6, 6.07) is 19.4. The number of anilines is 1. The summed E-state index contributed by atoms with van der Waals surface area (Å²) in [7, 11) is 0. The molecule has 0 aliphatic carbocycles. The highest BCUT2D eigenvalue weighted by atomic mass is 79.9. The minimum absolute atomic E-state index is 0.190. The van der Waals surface area contributed by atoms with Crippen molar-refractivity contribution in [1.29, 1.82) is 0 Å². The third-order valence-corrected chi connectivity index (χ3v) is 5.42. The summed E-state index contributed by atoms with van der Waals surface area (Å²) in [5.41, 5.74) is 3.91. The van der Waals surface area contributed by atoms with E-state index < -0.39 is 0 Å². The van der Waals surface area contributed by atoms with E-state index in [1.165, 1.54) is 0 Å². The quantitative estimate of drug-likeness (QED) is 0.473. The van der Waals surface area contributed by atoms with Crippen molar-refractivity contribution in [1.82, 2.24) is 14.3 Å². The number of halogens is 1. The number of carbonyl (C=O) groups excluding carboxylic acids is 1. The molecule has 0 aliphatic rings. The smallest absolute Gasteiger partial charge is 0.261 e. The SMILES string of the molecule is Cc1cc(NC(=O)c2c(C)nn(-c3ccccc3)c2-n2cccc2)ccc1Br. The average Bonchev–Trinajstić information content (AvgIpc) is 3.33. The summed E-state index contributed by atoms with van der Waals surface area (Å²) in [6.07, 6.45) is 3.83. The van der Waals surface area contributed by atoms with Crippen LogP contribution in [-0.4, -0.2) is 20.3 Å². The number of aryl methyl sites for hydroxylation is 2. The molecule has 0 fully saturated rings. The summed E-state index contributed by atoms with van der Waals surface area (Å²) >= 11 is 3.49. The Bertz CT molecular complexity index is 1130. The minimum atomic E-state index is -0.190. The number of nitrogens with one attached hydrogen (secondary N) is 1. The van der Waals surface area contributed by atoms with Gasteiger partial charge in [0.15, 0.2) is 5.82 Å². The van der Waals surface area contributed by atoms with Gasteiger partial charge in [-0.3, -0.25) is 4.79 Å². The molecule has 2 aromatic carbocycles. The van der Waals surface area contributed by atoms with Gasteiger partial charge in [0.1, 0.15) is 5.56 Å². The number of para-hydroxylation sites is 1. The Morgan fingerprint density at radius 2 is 1.71 bits per heavy atom. The van der Waals surface area contributed by atoms with Crippen molar-refractivity contribution < 1.29 is 4.79 Å². The number of hydrogen-bond acceptors (Lipinski definition) is 2. The Morgan fingerprint density at radius 1 is 1.00 bits per heavy atom. The molecule has 1 N–H and O–H groups in total. The summed E-state index contributed by atoms with van der Waals surface area (Å²) < 4.78 is 4.72. The molecule has 0 saturated heterocycles. The van der Waals surface area contributed by atoms with Crippen LogP contribution in [0.4, 0.5) is 5.69 Å². The van der Waals surface area contributed by atoms with E-state index in [2.05, 4.69) is 26.3 Å². The molecule has 1 amide bonds. The summed E-state index contributed by atoms with van der Waals surface area (Å²) in [4.78, 5) is 13.2. The Balaban J connectivity index is 1.81. The first-order valence-electron chi connectivity index (χ1n) is 8.90. The molecule has 0 spiro atoms. The van der Waals surface area contributed by atoms with Crippen molar-refractivity contribution in [3.8, 4) is 11.5 Å². The monoisotopic (exact) mass is 434 g/mol. The number of carbonyl (C=O) groups is 1. The zero-order valence-electron chi connectivity index (χ0n) is 15.6. The zero-order valence-corrected chi connectivity index (χ0v) is 17.1. The number of benzene rings is 2. The van der Waals surface area contributed by atoms with Crippen LogP contribution in [0.25, 0.3) is 11.5 Å². The van der Waals surface area contributed by atoms with E-state index in [1.54, 1.807) is 4.68 Å². The Kier molecular flexibility index (Phi) is 4.88. The van der Waals surface area contributed by atoms with Crippen molar-refractivity contribution in [3.05, 3.63) is 94.4 Å². The van der Waals surface area contributed by atoms with Crippen LogP contribution >= 0.6 is 15.9 Å². The second-order valence-corrected chi connectivity index (χ2v) is 7.39.